The lowest BCUT2D eigenvalue weighted by Gasteiger charge is -2.25. The van der Waals surface area contributed by atoms with Gasteiger partial charge in [0, 0.05) is 24.1 Å². The maximum Gasteiger partial charge on any atom is 0.117 e. The summed E-state index contributed by atoms with van der Waals surface area (Å²) in [6.45, 7) is 2.12. The summed E-state index contributed by atoms with van der Waals surface area (Å²) in [7, 11) is 2.10. The van der Waals surface area contributed by atoms with E-state index in [4.69, 9.17) is 0 Å². The van der Waals surface area contributed by atoms with Crippen LogP contribution in [0, 0.1) is 6.92 Å². The van der Waals surface area contributed by atoms with Gasteiger partial charge in [0.25, 0.3) is 0 Å². The van der Waals surface area contributed by atoms with Gasteiger partial charge in [-0.1, -0.05) is 36.4 Å². The molecule has 0 aliphatic heterocycles. The second-order valence-corrected chi connectivity index (χ2v) is 4.90. The summed E-state index contributed by atoms with van der Waals surface area (Å²) in [4.78, 5) is 2.27. The van der Waals surface area contributed by atoms with Crippen molar-refractivity contribution in [3.63, 3.8) is 0 Å². The fraction of sp³-hybridized carbons (Fsp3) is 0.111. The van der Waals surface area contributed by atoms with E-state index in [1.54, 1.807) is 0 Å². The number of rotatable bonds is 3. The predicted molar refractivity (Wildman–Crippen MR) is 84.8 cm³/mol. The third kappa shape index (κ3) is 2.21. The summed E-state index contributed by atoms with van der Waals surface area (Å²) in [5.74, 6) is 1.17. The van der Waals surface area contributed by atoms with Gasteiger partial charge in [0.2, 0.25) is 0 Å². The van der Waals surface area contributed by atoms with Crippen LogP contribution in [-0.4, -0.2) is 4.57 Å². The molecule has 0 unspecified atom stereocenters. The van der Waals surface area contributed by atoms with E-state index in [0.29, 0.717) is 0 Å². The fourth-order valence-corrected chi connectivity index (χ4v) is 2.39. The molecule has 100 valence electrons. The molecule has 0 bridgehead atoms. The molecule has 2 aromatic carbocycles. The Bertz CT molecular complexity index is 644. The Morgan fingerprint density at radius 1 is 0.700 bits per heavy atom. The van der Waals surface area contributed by atoms with E-state index in [-0.39, 0.29) is 0 Å². The Morgan fingerprint density at radius 3 is 1.60 bits per heavy atom. The maximum atomic E-state index is 2.27. The van der Waals surface area contributed by atoms with Crippen molar-refractivity contribution < 1.29 is 0 Å². The lowest BCUT2D eigenvalue weighted by Crippen LogP contribution is -2.13. The third-order valence-corrected chi connectivity index (χ3v) is 3.60. The minimum atomic E-state index is 1.17. The molecule has 3 aromatic rings. The van der Waals surface area contributed by atoms with Gasteiger partial charge in [0.15, 0.2) is 0 Å². The van der Waals surface area contributed by atoms with Crippen LogP contribution in [0.1, 0.15) is 5.69 Å². The highest BCUT2D eigenvalue weighted by molar-refractivity contribution is 5.74. The summed E-state index contributed by atoms with van der Waals surface area (Å²) in [6, 6.07) is 25.2. The van der Waals surface area contributed by atoms with Crippen molar-refractivity contribution in [1.29, 1.82) is 0 Å². The molecular weight excluding hydrogens is 244 g/mol. The molecule has 2 heteroatoms. The zero-order chi connectivity index (χ0) is 13.9. The number of para-hydroxylation sites is 2. The van der Waals surface area contributed by atoms with Gasteiger partial charge >= 0.3 is 0 Å². The standard InChI is InChI=1S/C18H18N2/c1-15-13-14-18(19(15)2)20(16-9-5-3-6-10-16)17-11-7-4-8-12-17/h3-14H,1-2H3. The quantitative estimate of drug-likeness (QED) is 0.658. The van der Waals surface area contributed by atoms with Crippen LogP contribution >= 0.6 is 0 Å². The Morgan fingerprint density at radius 2 is 1.20 bits per heavy atom. The molecule has 0 saturated carbocycles. The van der Waals surface area contributed by atoms with Crippen LogP contribution in [0.3, 0.4) is 0 Å². The van der Waals surface area contributed by atoms with Gasteiger partial charge in [0.1, 0.15) is 5.82 Å². The highest BCUT2D eigenvalue weighted by atomic mass is 15.2. The van der Waals surface area contributed by atoms with Crippen molar-refractivity contribution in [1.82, 2.24) is 4.57 Å². The molecule has 0 spiro atoms. The lowest BCUT2D eigenvalue weighted by atomic mass is 10.2. The molecule has 20 heavy (non-hydrogen) atoms. The molecule has 0 aliphatic rings. The number of hydrogen-bond acceptors (Lipinski definition) is 1. The van der Waals surface area contributed by atoms with Gasteiger partial charge < -0.3 is 4.57 Å². The normalized spacial score (nSPS) is 10.5. The highest BCUT2D eigenvalue weighted by Crippen LogP contribution is 2.34. The van der Waals surface area contributed by atoms with Gasteiger partial charge in [0.05, 0.1) is 0 Å². The van der Waals surface area contributed by atoms with Gasteiger partial charge in [-0.15, -0.1) is 0 Å². The van der Waals surface area contributed by atoms with Crippen LogP contribution in [0.4, 0.5) is 17.2 Å². The molecule has 3 rings (SSSR count). The molecule has 0 aliphatic carbocycles. The largest absolute Gasteiger partial charge is 0.335 e. The molecular formula is C18H18N2. The van der Waals surface area contributed by atoms with Crippen molar-refractivity contribution in [3.05, 3.63) is 78.5 Å². The van der Waals surface area contributed by atoms with Crippen molar-refractivity contribution in [2.24, 2.45) is 7.05 Å². The first-order valence-electron chi connectivity index (χ1n) is 6.80. The van der Waals surface area contributed by atoms with Gasteiger partial charge in [-0.05, 0) is 43.3 Å². The van der Waals surface area contributed by atoms with Gasteiger partial charge in [-0.2, -0.15) is 0 Å². The van der Waals surface area contributed by atoms with E-state index in [0.717, 1.165) is 0 Å². The molecule has 0 radical (unpaired) electrons. The summed E-state index contributed by atoms with van der Waals surface area (Å²) >= 11 is 0. The van der Waals surface area contributed by atoms with Gasteiger partial charge in [-0.25, -0.2) is 0 Å². The predicted octanol–water partition coefficient (Wildman–Crippen LogP) is 4.80. The minimum Gasteiger partial charge on any atom is -0.335 e. The van der Waals surface area contributed by atoms with Crippen molar-refractivity contribution in [2.45, 2.75) is 6.92 Å². The molecule has 2 nitrogen and oxygen atoms in total. The molecule has 1 heterocycles. The Labute approximate surface area is 119 Å². The summed E-state index contributed by atoms with van der Waals surface area (Å²) < 4.78 is 2.21. The number of benzene rings is 2. The van der Waals surface area contributed by atoms with Crippen LogP contribution in [0.2, 0.25) is 0 Å². The van der Waals surface area contributed by atoms with E-state index in [9.17, 15) is 0 Å². The second-order valence-electron chi connectivity index (χ2n) is 4.90. The zero-order valence-corrected chi connectivity index (χ0v) is 11.8. The SMILES string of the molecule is Cc1ccc(N(c2ccccc2)c2ccccc2)n1C. The lowest BCUT2D eigenvalue weighted by molar-refractivity contribution is 0.872. The van der Waals surface area contributed by atoms with Crippen LogP contribution in [0.5, 0.6) is 0 Å². The molecule has 0 amide bonds. The van der Waals surface area contributed by atoms with Gasteiger partial charge in [-0.3, -0.25) is 4.90 Å². The zero-order valence-electron chi connectivity index (χ0n) is 11.8. The maximum absolute atomic E-state index is 2.27. The van der Waals surface area contributed by atoms with E-state index < -0.39 is 0 Å². The van der Waals surface area contributed by atoms with Crippen LogP contribution in [0.25, 0.3) is 0 Å². The number of anilines is 3. The van der Waals surface area contributed by atoms with E-state index >= 15 is 0 Å². The fourth-order valence-electron chi connectivity index (χ4n) is 2.39. The molecule has 0 saturated heterocycles. The highest BCUT2D eigenvalue weighted by Gasteiger charge is 2.14. The van der Waals surface area contributed by atoms with Crippen LogP contribution in [0.15, 0.2) is 72.8 Å². The van der Waals surface area contributed by atoms with E-state index in [1.807, 2.05) is 12.1 Å². The monoisotopic (exact) mass is 262 g/mol. The Hall–Kier alpha value is -2.48. The summed E-state index contributed by atoms with van der Waals surface area (Å²) in [6.07, 6.45) is 0. The number of hydrogen-bond donors (Lipinski definition) is 0. The van der Waals surface area contributed by atoms with Crippen LogP contribution in [-0.2, 0) is 7.05 Å². The average Bonchev–Trinajstić information content (AvgIpc) is 2.82. The first kappa shape index (κ1) is 12.5. The molecule has 0 N–H and O–H groups in total. The third-order valence-electron chi connectivity index (χ3n) is 3.60. The molecule has 1 aromatic heterocycles. The average molecular weight is 262 g/mol. The first-order chi connectivity index (χ1) is 9.77. The van der Waals surface area contributed by atoms with Crippen molar-refractivity contribution in [2.75, 3.05) is 4.90 Å². The minimum absolute atomic E-state index is 1.17. The number of nitrogens with zero attached hydrogens (tertiary/aromatic N) is 2. The first-order valence-corrected chi connectivity index (χ1v) is 6.80. The molecule has 0 fully saturated rings. The Balaban J connectivity index is 2.17. The van der Waals surface area contributed by atoms with Crippen molar-refractivity contribution >= 4 is 17.2 Å². The number of aromatic nitrogens is 1. The summed E-state index contributed by atoms with van der Waals surface area (Å²) in [5, 5.41) is 0. The smallest absolute Gasteiger partial charge is 0.117 e. The number of aryl methyl sites for hydroxylation is 1. The topological polar surface area (TPSA) is 8.17 Å². The van der Waals surface area contributed by atoms with E-state index in [1.165, 1.54) is 22.9 Å². The Kier molecular flexibility index (Phi) is 3.30. The van der Waals surface area contributed by atoms with Crippen molar-refractivity contribution in [3.8, 4) is 0 Å². The molecule has 0 atom stereocenters. The second kappa shape index (κ2) is 5.25. The van der Waals surface area contributed by atoms with E-state index in [2.05, 4.69) is 84.1 Å². The summed E-state index contributed by atoms with van der Waals surface area (Å²) in [5.41, 5.74) is 3.58. The van der Waals surface area contributed by atoms with Crippen LogP contribution < -0.4 is 4.90 Å².